The number of alkyl halides is 3. The van der Waals surface area contributed by atoms with Crippen LogP contribution in [0, 0.1) is 30.6 Å². The standard InChI is InChI=1S/C33H35F3N8OS/c1-3-30(45)43-13-10-41(11-14-43)12-15-44-25(19-37)16-27-22(2)23(4-5-29(27)44)20-42-8-6-24(7-9-42)40-31-28-17-26(18-33(34,35)36)46-32(28)39-21-38-31/h1,4-5,16-17,21,24H,6-15,18,20H2,2H3,(H,38,39,40). The summed E-state index contributed by atoms with van der Waals surface area (Å²) in [7, 11) is 0. The number of nitrogens with one attached hydrogen (secondary N) is 1. The van der Waals surface area contributed by atoms with Gasteiger partial charge in [0.05, 0.1) is 11.8 Å². The number of nitriles is 1. The van der Waals surface area contributed by atoms with E-state index in [0.717, 1.165) is 74.3 Å². The fourth-order valence-corrected chi connectivity index (χ4v) is 7.53. The van der Waals surface area contributed by atoms with Gasteiger partial charge in [0.2, 0.25) is 0 Å². The van der Waals surface area contributed by atoms with Crippen LogP contribution in [-0.2, 0) is 24.3 Å². The molecule has 13 heteroatoms. The Labute approximate surface area is 269 Å². The Morgan fingerprint density at radius 1 is 1.07 bits per heavy atom. The smallest absolute Gasteiger partial charge is 0.367 e. The zero-order valence-corrected chi connectivity index (χ0v) is 26.4. The van der Waals surface area contributed by atoms with E-state index in [0.29, 0.717) is 41.4 Å². The molecular weight excluding hydrogens is 613 g/mol. The van der Waals surface area contributed by atoms with Crippen molar-refractivity contribution in [3.63, 3.8) is 0 Å². The number of fused-ring (bicyclic) bond motifs is 2. The molecule has 0 unspecified atom stereocenters. The average molecular weight is 649 g/mol. The zero-order valence-electron chi connectivity index (χ0n) is 25.6. The Bertz CT molecular complexity index is 1820. The molecule has 0 spiro atoms. The summed E-state index contributed by atoms with van der Waals surface area (Å²) in [5.41, 5.74) is 4.08. The minimum absolute atomic E-state index is 0.164. The van der Waals surface area contributed by atoms with Crippen molar-refractivity contribution >= 4 is 44.2 Å². The first-order chi connectivity index (χ1) is 22.1. The summed E-state index contributed by atoms with van der Waals surface area (Å²) in [5.74, 6) is 2.52. The Kier molecular flexibility index (Phi) is 9.18. The van der Waals surface area contributed by atoms with E-state index in [4.69, 9.17) is 6.42 Å². The molecule has 0 radical (unpaired) electrons. The summed E-state index contributed by atoms with van der Waals surface area (Å²) < 4.78 is 40.9. The highest BCUT2D eigenvalue weighted by atomic mass is 32.1. The molecule has 2 aliphatic heterocycles. The van der Waals surface area contributed by atoms with Crippen LogP contribution in [-0.4, -0.2) is 93.2 Å². The molecule has 0 aliphatic carbocycles. The molecule has 1 aromatic carbocycles. The highest BCUT2D eigenvalue weighted by molar-refractivity contribution is 7.18. The SMILES string of the molecule is C#CC(=O)N1CCN(CCn2c(C#N)cc3c(C)c(CN4CCC(Nc5ncnc6sc(CC(F)(F)F)cc56)CC4)ccc32)CC1. The summed E-state index contributed by atoms with van der Waals surface area (Å²) in [6.07, 6.45) is 3.20. The van der Waals surface area contributed by atoms with Crippen molar-refractivity contribution in [2.75, 3.05) is 51.1 Å². The van der Waals surface area contributed by atoms with Gasteiger partial charge in [0, 0.05) is 80.7 Å². The minimum atomic E-state index is -4.26. The lowest BCUT2D eigenvalue weighted by Gasteiger charge is -2.33. The van der Waals surface area contributed by atoms with Crippen LogP contribution >= 0.6 is 11.3 Å². The van der Waals surface area contributed by atoms with Crippen molar-refractivity contribution in [1.29, 1.82) is 5.26 Å². The van der Waals surface area contributed by atoms with E-state index in [1.165, 1.54) is 17.5 Å². The van der Waals surface area contributed by atoms with E-state index in [-0.39, 0.29) is 16.8 Å². The number of piperidine rings is 1. The third-order valence-electron chi connectivity index (χ3n) is 9.08. The molecule has 2 saturated heterocycles. The molecule has 2 aliphatic rings. The van der Waals surface area contributed by atoms with Gasteiger partial charge in [-0.25, -0.2) is 9.97 Å². The summed E-state index contributed by atoms with van der Waals surface area (Å²) in [4.78, 5) is 27.5. The topological polar surface area (TPSA) is 93.3 Å². The lowest BCUT2D eigenvalue weighted by Crippen LogP contribution is -2.49. The van der Waals surface area contributed by atoms with Gasteiger partial charge in [-0.05, 0) is 55.0 Å². The number of aryl methyl sites for hydroxylation is 1. The number of hydrogen-bond donors (Lipinski definition) is 1. The molecule has 46 heavy (non-hydrogen) atoms. The van der Waals surface area contributed by atoms with Crippen LogP contribution in [0.2, 0.25) is 0 Å². The van der Waals surface area contributed by atoms with Crippen LogP contribution < -0.4 is 5.32 Å². The van der Waals surface area contributed by atoms with Gasteiger partial charge >= 0.3 is 6.18 Å². The highest BCUT2D eigenvalue weighted by Crippen LogP contribution is 2.33. The quantitative estimate of drug-likeness (QED) is 0.275. The highest BCUT2D eigenvalue weighted by Gasteiger charge is 2.29. The molecule has 1 amide bonds. The van der Waals surface area contributed by atoms with Crippen molar-refractivity contribution in [3.8, 4) is 18.4 Å². The van der Waals surface area contributed by atoms with Gasteiger partial charge in [0.1, 0.15) is 28.7 Å². The fraction of sp³-hybridized carbons (Fsp3) is 0.455. The Balaban J connectivity index is 1.06. The van der Waals surface area contributed by atoms with E-state index < -0.39 is 12.6 Å². The second kappa shape index (κ2) is 13.3. The van der Waals surface area contributed by atoms with Crippen LogP contribution in [0.3, 0.4) is 0 Å². The van der Waals surface area contributed by atoms with Gasteiger partial charge in [-0.3, -0.25) is 14.6 Å². The predicted molar refractivity (Wildman–Crippen MR) is 172 cm³/mol. The molecule has 3 aromatic heterocycles. The van der Waals surface area contributed by atoms with Crippen molar-refractivity contribution in [2.45, 2.75) is 51.5 Å². The summed E-state index contributed by atoms with van der Waals surface area (Å²) in [6.45, 7) is 8.86. The molecule has 1 N–H and O–H groups in total. The second-order valence-electron chi connectivity index (χ2n) is 12.0. The number of anilines is 1. The molecule has 9 nitrogen and oxygen atoms in total. The van der Waals surface area contributed by atoms with Crippen LogP contribution in [0.15, 0.2) is 30.6 Å². The normalized spacial score (nSPS) is 17.0. The van der Waals surface area contributed by atoms with E-state index in [2.05, 4.69) is 60.7 Å². The Morgan fingerprint density at radius 2 is 1.83 bits per heavy atom. The summed E-state index contributed by atoms with van der Waals surface area (Å²) in [6, 6.07) is 10.4. The molecule has 240 valence electrons. The number of thiophene rings is 1. The number of terminal acetylenes is 1. The van der Waals surface area contributed by atoms with E-state index in [1.54, 1.807) is 11.0 Å². The first kappa shape index (κ1) is 31.8. The molecule has 0 atom stereocenters. The molecule has 0 bridgehead atoms. The van der Waals surface area contributed by atoms with Crippen molar-refractivity contribution in [3.05, 3.63) is 52.3 Å². The summed E-state index contributed by atoms with van der Waals surface area (Å²) in [5, 5.41) is 15.1. The number of nitrogens with zero attached hydrogens (tertiary/aromatic N) is 7. The van der Waals surface area contributed by atoms with Crippen molar-refractivity contribution in [2.24, 2.45) is 0 Å². The van der Waals surface area contributed by atoms with Crippen LogP contribution in [0.1, 0.15) is 34.5 Å². The summed E-state index contributed by atoms with van der Waals surface area (Å²) >= 11 is 1.06. The number of hydrogen-bond acceptors (Lipinski definition) is 8. The largest absolute Gasteiger partial charge is 0.393 e. The van der Waals surface area contributed by atoms with Crippen molar-refractivity contribution < 1.29 is 18.0 Å². The molecule has 0 saturated carbocycles. The maximum atomic E-state index is 12.9. The van der Waals surface area contributed by atoms with E-state index in [9.17, 15) is 23.2 Å². The number of carbonyl (C=O) groups excluding carboxylic acids is 1. The van der Waals surface area contributed by atoms with Crippen molar-refractivity contribution in [1.82, 2.24) is 29.2 Å². The van der Waals surface area contributed by atoms with Gasteiger partial charge in [0.15, 0.2) is 0 Å². The predicted octanol–water partition coefficient (Wildman–Crippen LogP) is 4.78. The maximum Gasteiger partial charge on any atom is 0.393 e. The van der Waals surface area contributed by atoms with Gasteiger partial charge in [-0.15, -0.1) is 17.8 Å². The van der Waals surface area contributed by atoms with Gasteiger partial charge in [-0.1, -0.05) is 6.07 Å². The first-order valence-corrected chi connectivity index (χ1v) is 16.2. The average Bonchev–Trinajstić information content (AvgIpc) is 3.62. The number of benzene rings is 1. The number of piperazine rings is 1. The van der Waals surface area contributed by atoms with Gasteiger partial charge < -0.3 is 14.8 Å². The third-order valence-corrected chi connectivity index (χ3v) is 10.1. The van der Waals surface area contributed by atoms with Gasteiger partial charge in [0.25, 0.3) is 5.91 Å². The Hall–Kier alpha value is -4.17. The number of aromatic nitrogens is 3. The minimum Gasteiger partial charge on any atom is -0.367 e. The van der Waals surface area contributed by atoms with Gasteiger partial charge in [-0.2, -0.15) is 18.4 Å². The second-order valence-corrected chi connectivity index (χ2v) is 13.1. The molecule has 6 rings (SSSR count). The van der Waals surface area contributed by atoms with Crippen LogP contribution in [0.4, 0.5) is 19.0 Å². The number of rotatable bonds is 8. The van der Waals surface area contributed by atoms with Crippen LogP contribution in [0.25, 0.3) is 21.1 Å². The van der Waals surface area contributed by atoms with Crippen LogP contribution in [0.5, 0.6) is 0 Å². The number of carbonyl (C=O) groups is 1. The van der Waals surface area contributed by atoms with E-state index in [1.807, 2.05) is 6.07 Å². The van der Waals surface area contributed by atoms with E-state index >= 15 is 0 Å². The molecular formula is C33H35F3N8OS. The lowest BCUT2D eigenvalue weighted by molar-refractivity contribution is -0.127. The lowest BCUT2D eigenvalue weighted by atomic mass is 10.0. The third kappa shape index (κ3) is 6.97. The molecule has 4 aromatic rings. The molecule has 2 fully saturated rings. The zero-order chi connectivity index (χ0) is 32.4. The number of amides is 1. The first-order valence-electron chi connectivity index (χ1n) is 15.4. The Morgan fingerprint density at radius 3 is 2.52 bits per heavy atom. The fourth-order valence-electron chi connectivity index (χ4n) is 6.51. The molecule has 5 heterocycles. The number of likely N-dealkylation sites (tertiary alicyclic amines) is 1. The maximum absolute atomic E-state index is 12.9. The number of halogens is 3. The monoisotopic (exact) mass is 648 g/mol.